The minimum Gasteiger partial charge on any atom is -0.497 e. The second kappa shape index (κ2) is 4.99. The van der Waals surface area contributed by atoms with Crippen LogP contribution < -0.4 is 4.74 Å². The average Bonchev–Trinajstić information content (AvgIpc) is 2.77. The van der Waals surface area contributed by atoms with E-state index in [0.29, 0.717) is 12.4 Å². The van der Waals surface area contributed by atoms with E-state index in [1.54, 1.807) is 11.8 Å². The number of methoxy groups -OCH3 is 1. The Morgan fingerprint density at radius 1 is 1.44 bits per heavy atom. The molecule has 0 saturated heterocycles. The summed E-state index contributed by atoms with van der Waals surface area (Å²) >= 11 is 5.66. The Morgan fingerprint density at radius 2 is 2.31 bits per heavy atom. The summed E-state index contributed by atoms with van der Waals surface area (Å²) < 4.78 is 6.91. The fourth-order valence-corrected chi connectivity index (χ4v) is 1.56. The number of rotatable bonds is 4. The van der Waals surface area contributed by atoms with Crippen molar-refractivity contribution in [3.8, 4) is 5.75 Å². The van der Waals surface area contributed by atoms with Gasteiger partial charge in [-0.05, 0) is 17.7 Å². The molecule has 0 aliphatic heterocycles. The number of alkyl halides is 1. The van der Waals surface area contributed by atoms with Crippen LogP contribution in [0.25, 0.3) is 0 Å². The lowest BCUT2D eigenvalue weighted by molar-refractivity contribution is 0.414. The predicted octanol–water partition coefficient (Wildman–Crippen LogP) is 2.07. The van der Waals surface area contributed by atoms with E-state index in [0.717, 1.165) is 17.0 Å². The monoisotopic (exact) mass is 237 g/mol. The predicted molar refractivity (Wildman–Crippen MR) is 61.7 cm³/mol. The maximum Gasteiger partial charge on any atom is 0.119 e. The number of nitrogens with zero attached hydrogens (tertiary/aromatic N) is 3. The molecule has 0 bridgehead atoms. The first-order valence-corrected chi connectivity index (χ1v) is 5.43. The van der Waals surface area contributed by atoms with Crippen LogP contribution in [0.2, 0.25) is 0 Å². The third-order valence-corrected chi connectivity index (χ3v) is 2.48. The van der Waals surface area contributed by atoms with Crippen molar-refractivity contribution in [1.29, 1.82) is 0 Å². The molecule has 0 saturated carbocycles. The van der Waals surface area contributed by atoms with Gasteiger partial charge in [0.05, 0.1) is 31.4 Å². The zero-order chi connectivity index (χ0) is 11.4. The Balaban J connectivity index is 2.13. The molecule has 2 aromatic rings. The molecule has 84 valence electrons. The first-order chi connectivity index (χ1) is 7.81. The fourth-order valence-electron chi connectivity index (χ4n) is 1.43. The summed E-state index contributed by atoms with van der Waals surface area (Å²) in [5.74, 6) is 1.23. The minimum atomic E-state index is 0.387. The van der Waals surface area contributed by atoms with Crippen LogP contribution in [0, 0.1) is 0 Å². The summed E-state index contributed by atoms with van der Waals surface area (Å²) in [6.45, 7) is 0.668. The second-order valence-electron chi connectivity index (χ2n) is 3.39. The van der Waals surface area contributed by atoms with Gasteiger partial charge in [-0.2, -0.15) is 0 Å². The molecule has 0 atom stereocenters. The van der Waals surface area contributed by atoms with Crippen molar-refractivity contribution >= 4 is 11.6 Å². The van der Waals surface area contributed by atoms with E-state index in [2.05, 4.69) is 10.3 Å². The van der Waals surface area contributed by atoms with Gasteiger partial charge in [-0.3, -0.25) is 0 Å². The Bertz CT molecular complexity index is 470. The zero-order valence-corrected chi connectivity index (χ0v) is 9.68. The summed E-state index contributed by atoms with van der Waals surface area (Å²) in [6.07, 6.45) is 1.84. The second-order valence-corrected chi connectivity index (χ2v) is 3.66. The van der Waals surface area contributed by atoms with Crippen molar-refractivity contribution in [3.05, 3.63) is 41.7 Å². The van der Waals surface area contributed by atoms with Gasteiger partial charge >= 0.3 is 0 Å². The normalized spacial score (nSPS) is 10.4. The molecule has 2 rings (SSSR count). The maximum absolute atomic E-state index is 5.66. The molecule has 1 heterocycles. The first-order valence-electron chi connectivity index (χ1n) is 4.89. The smallest absolute Gasteiger partial charge is 0.119 e. The molecule has 0 unspecified atom stereocenters. The highest BCUT2D eigenvalue weighted by molar-refractivity contribution is 6.16. The molecule has 16 heavy (non-hydrogen) atoms. The lowest BCUT2D eigenvalue weighted by Gasteiger charge is -2.03. The molecule has 1 aromatic heterocycles. The zero-order valence-electron chi connectivity index (χ0n) is 8.93. The Kier molecular flexibility index (Phi) is 3.41. The highest BCUT2D eigenvalue weighted by atomic mass is 35.5. The lowest BCUT2D eigenvalue weighted by atomic mass is 10.2. The average molecular weight is 238 g/mol. The van der Waals surface area contributed by atoms with Crippen LogP contribution in [0.5, 0.6) is 5.75 Å². The molecular formula is C11H12ClN3O. The van der Waals surface area contributed by atoms with Crippen molar-refractivity contribution in [3.63, 3.8) is 0 Å². The van der Waals surface area contributed by atoms with E-state index in [1.165, 1.54) is 0 Å². The molecule has 0 aliphatic rings. The summed E-state index contributed by atoms with van der Waals surface area (Å²) in [5, 5.41) is 7.90. The molecule has 0 N–H and O–H groups in total. The van der Waals surface area contributed by atoms with Gasteiger partial charge in [0.1, 0.15) is 5.75 Å². The molecule has 4 nitrogen and oxygen atoms in total. The number of benzene rings is 1. The molecule has 5 heteroatoms. The van der Waals surface area contributed by atoms with E-state index in [4.69, 9.17) is 16.3 Å². The third-order valence-electron chi connectivity index (χ3n) is 2.20. The van der Waals surface area contributed by atoms with Crippen LogP contribution in [0.1, 0.15) is 11.3 Å². The molecule has 0 radical (unpaired) electrons. The summed E-state index contributed by atoms with van der Waals surface area (Å²) in [4.78, 5) is 0. The van der Waals surface area contributed by atoms with Gasteiger partial charge in [0.25, 0.3) is 0 Å². The standard InChI is InChI=1S/C11H12ClN3O/c1-16-11-4-2-3-9(5-11)7-15-8-10(6-12)13-14-15/h2-5,8H,6-7H2,1H3. The first kappa shape index (κ1) is 11.0. The van der Waals surface area contributed by atoms with Gasteiger partial charge in [-0.15, -0.1) is 16.7 Å². The Morgan fingerprint density at radius 3 is 3.00 bits per heavy atom. The Hall–Kier alpha value is -1.55. The molecule has 0 amide bonds. The molecule has 0 spiro atoms. The van der Waals surface area contributed by atoms with Gasteiger partial charge in [0, 0.05) is 0 Å². The Labute approximate surface area is 98.8 Å². The molecular weight excluding hydrogens is 226 g/mol. The van der Waals surface area contributed by atoms with E-state index in [1.807, 2.05) is 30.5 Å². The highest BCUT2D eigenvalue weighted by Crippen LogP contribution is 2.13. The van der Waals surface area contributed by atoms with Crippen LogP contribution >= 0.6 is 11.6 Å². The van der Waals surface area contributed by atoms with Gasteiger partial charge in [0.15, 0.2) is 0 Å². The van der Waals surface area contributed by atoms with Crippen molar-refractivity contribution in [2.75, 3.05) is 7.11 Å². The van der Waals surface area contributed by atoms with Gasteiger partial charge < -0.3 is 4.74 Å². The van der Waals surface area contributed by atoms with Crippen LogP contribution in [0.4, 0.5) is 0 Å². The van der Waals surface area contributed by atoms with Crippen molar-refractivity contribution in [1.82, 2.24) is 15.0 Å². The number of ether oxygens (including phenoxy) is 1. The number of halogens is 1. The van der Waals surface area contributed by atoms with Gasteiger partial charge in [0.2, 0.25) is 0 Å². The maximum atomic E-state index is 5.66. The SMILES string of the molecule is COc1cccc(Cn2cc(CCl)nn2)c1. The fraction of sp³-hybridized carbons (Fsp3) is 0.273. The lowest BCUT2D eigenvalue weighted by Crippen LogP contribution is -2.00. The number of hydrogen-bond acceptors (Lipinski definition) is 3. The van der Waals surface area contributed by atoms with Crippen molar-refractivity contribution in [2.24, 2.45) is 0 Å². The molecule has 0 aliphatic carbocycles. The minimum absolute atomic E-state index is 0.387. The van der Waals surface area contributed by atoms with Crippen molar-refractivity contribution < 1.29 is 4.74 Å². The third kappa shape index (κ3) is 2.52. The topological polar surface area (TPSA) is 39.9 Å². The summed E-state index contributed by atoms with van der Waals surface area (Å²) in [7, 11) is 1.65. The van der Waals surface area contributed by atoms with E-state index in [9.17, 15) is 0 Å². The van der Waals surface area contributed by atoms with Gasteiger partial charge in [-0.25, -0.2) is 4.68 Å². The van der Waals surface area contributed by atoms with E-state index in [-0.39, 0.29) is 0 Å². The largest absolute Gasteiger partial charge is 0.497 e. The van der Waals surface area contributed by atoms with Gasteiger partial charge in [-0.1, -0.05) is 17.3 Å². The quantitative estimate of drug-likeness (QED) is 0.765. The van der Waals surface area contributed by atoms with Crippen LogP contribution in [-0.2, 0) is 12.4 Å². The van der Waals surface area contributed by atoms with E-state index >= 15 is 0 Å². The number of aromatic nitrogens is 3. The van der Waals surface area contributed by atoms with Crippen molar-refractivity contribution in [2.45, 2.75) is 12.4 Å². The molecule has 1 aromatic carbocycles. The molecule has 0 fully saturated rings. The summed E-state index contributed by atoms with van der Waals surface area (Å²) in [6, 6.07) is 7.86. The van der Waals surface area contributed by atoms with Crippen LogP contribution in [-0.4, -0.2) is 22.1 Å². The number of hydrogen-bond donors (Lipinski definition) is 0. The van der Waals surface area contributed by atoms with Crippen LogP contribution in [0.15, 0.2) is 30.5 Å². The highest BCUT2D eigenvalue weighted by Gasteiger charge is 2.01. The summed E-state index contributed by atoms with van der Waals surface area (Å²) in [5.41, 5.74) is 1.90. The van der Waals surface area contributed by atoms with E-state index < -0.39 is 0 Å². The van der Waals surface area contributed by atoms with Crippen LogP contribution in [0.3, 0.4) is 0 Å².